The van der Waals surface area contributed by atoms with Crippen molar-refractivity contribution in [2.24, 2.45) is 5.10 Å². The highest BCUT2D eigenvalue weighted by atomic mass is 19.3. The van der Waals surface area contributed by atoms with Crippen molar-refractivity contribution in [3.8, 4) is 0 Å². The number of hydrazone groups is 1. The predicted molar refractivity (Wildman–Crippen MR) is 150 cm³/mol. The number of nitrogen functional groups attached to an aromatic ring is 1. The molecule has 0 bridgehead atoms. The fourth-order valence-corrected chi connectivity index (χ4v) is 3.38. The molecule has 0 aromatic heterocycles. The molecule has 2 aromatic carbocycles. The van der Waals surface area contributed by atoms with Gasteiger partial charge in [0.25, 0.3) is 0 Å². The van der Waals surface area contributed by atoms with Crippen LogP contribution < -0.4 is 11.2 Å². The van der Waals surface area contributed by atoms with E-state index in [1.807, 2.05) is 19.9 Å². The van der Waals surface area contributed by atoms with Gasteiger partial charge in [-0.3, -0.25) is 9.59 Å². The third-order valence-electron chi connectivity index (χ3n) is 5.45. The zero-order valence-corrected chi connectivity index (χ0v) is 23.5. The summed E-state index contributed by atoms with van der Waals surface area (Å²) in [5.41, 5.74) is 15.8. The summed E-state index contributed by atoms with van der Waals surface area (Å²) in [5, 5.41) is 13.2. The number of carbonyl (C=O) groups excluding carboxylic acids is 1. The number of carboxylic acid groups (broad SMARTS) is 1. The molecule has 1 amide bonds. The van der Waals surface area contributed by atoms with E-state index >= 15 is 0 Å². The first kappa shape index (κ1) is 33.5. The number of carboxylic acids is 1. The van der Waals surface area contributed by atoms with Crippen LogP contribution >= 0.6 is 0 Å². The molecular formula is C29H42FN3O4. The number of hydrogen-bond acceptors (Lipinski definition) is 5. The summed E-state index contributed by atoms with van der Waals surface area (Å²) < 4.78 is 9.79. The van der Waals surface area contributed by atoms with Gasteiger partial charge in [0.15, 0.2) is 0 Å². The lowest BCUT2D eigenvalue weighted by Gasteiger charge is -2.19. The summed E-state index contributed by atoms with van der Waals surface area (Å²) >= 11 is 0. The van der Waals surface area contributed by atoms with E-state index in [-0.39, 0.29) is 11.8 Å². The van der Waals surface area contributed by atoms with Gasteiger partial charge >= 0.3 is 5.97 Å². The minimum absolute atomic E-state index is 0.143. The first-order chi connectivity index (χ1) is 17.3. The first-order valence-electron chi connectivity index (χ1n) is 12.2. The molecule has 0 radical (unpaired) electrons. The van der Waals surface area contributed by atoms with Crippen molar-refractivity contribution in [3.05, 3.63) is 69.8 Å². The Balaban J connectivity index is 0.000000722. The molecule has 0 aliphatic rings. The minimum atomic E-state index is -0.891. The SMILES string of the molecule is CC(=O)N/N=C(\C)c1cc(C(C)C)c(C(C)C(=O)O)cc1N.CC/C=C\c1cc(C)ccc1C.COF. The van der Waals surface area contributed by atoms with Gasteiger partial charge in [0, 0.05) is 18.2 Å². The Kier molecular flexibility index (Phi) is 15.4. The molecule has 1 atom stereocenters. The fourth-order valence-electron chi connectivity index (χ4n) is 3.38. The number of anilines is 1. The number of nitrogens with two attached hydrogens (primary N) is 1. The van der Waals surface area contributed by atoms with Crippen LogP contribution in [0.25, 0.3) is 6.08 Å². The van der Waals surface area contributed by atoms with Crippen molar-refractivity contribution < 1.29 is 24.2 Å². The van der Waals surface area contributed by atoms with Crippen molar-refractivity contribution in [2.75, 3.05) is 12.8 Å². The number of carbonyl (C=O) groups is 2. The quantitative estimate of drug-likeness (QED) is 0.216. The lowest BCUT2D eigenvalue weighted by atomic mass is 9.87. The molecule has 8 heteroatoms. The van der Waals surface area contributed by atoms with E-state index in [2.05, 4.69) is 66.6 Å². The van der Waals surface area contributed by atoms with Crippen LogP contribution in [0.3, 0.4) is 0 Å². The van der Waals surface area contributed by atoms with Gasteiger partial charge in [-0.2, -0.15) is 10.0 Å². The molecule has 0 saturated carbocycles. The lowest BCUT2D eigenvalue weighted by Crippen LogP contribution is -2.17. The van der Waals surface area contributed by atoms with Crippen molar-refractivity contribution >= 4 is 29.4 Å². The molecule has 1 unspecified atom stereocenters. The molecule has 0 heterocycles. The maximum absolute atomic E-state index is 11.3. The number of nitrogens with one attached hydrogen (secondary N) is 1. The second-order valence-corrected chi connectivity index (χ2v) is 8.97. The van der Waals surface area contributed by atoms with Gasteiger partial charge in [0.1, 0.15) is 0 Å². The lowest BCUT2D eigenvalue weighted by molar-refractivity contribution is -0.138. The largest absolute Gasteiger partial charge is 0.481 e. The van der Waals surface area contributed by atoms with E-state index in [0.29, 0.717) is 22.5 Å². The highest BCUT2D eigenvalue weighted by molar-refractivity contribution is 6.04. The van der Waals surface area contributed by atoms with Gasteiger partial charge in [-0.05, 0) is 78.9 Å². The minimum Gasteiger partial charge on any atom is -0.481 e. The Morgan fingerprint density at radius 1 is 1.14 bits per heavy atom. The molecule has 0 aliphatic heterocycles. The van der Waals surface area contributed by atoms with Gasteiger partial charge in [0.05, 0.1) is 18.7 Å². The number of nitrogens with zero attached hydrogens (tertiary/aromatic N) is 1. The third-order valence-corrected chi connectivity index (χ3v) is 5.45. The van der Waals surface area contributed by atoms with E-state index in [1.54, 1.807) is 19.9 Å². The van der Waals surface area contributed by atoms with E-state index in [1.165, 1.54) is 23.6 Å². The van der Waals surface area contributed by atoms with Crippen LogP contribution in [0.15, 0.2) is 41.5 Å². The molecule has 0 spiro atoms. The van der Waals surface area contributed by atoms with E-state index in [4.69, 9.17) is 5.73 Å². The number of benzene rings is 2. The van der Waals surface area contributed by atoms with Gasteiger partial charge in [-0.25, -0.2) is 5.43 Å². The van der Waals surface area contributed by atoms with Gasteiger partial charge in [-0.1, -0.05) is 56.7 Å². The molecule has 7 nitrogen and oxygen atoms in total. The molecular weight excluding hydrogens is 473 g/mol. The molecule has 2 aromatic rings. The Morgan fingerprint density at radius 2 is 1.73 bits per heavy atom. The summed E-state index contributed by atoms with van der Waals surface area (Å²) in [5.74, 6) is -1.65. The second-order valence-electron chi connectivity index (χ2n) is 8.97. The number of rotatable bonds is 7. The molecule has 0 saturated heterocycles. The number of aryl methyl sites for hydroxylation is 2. The maximum atomic E-state index is 11.3. The van der Waals surface area contributed by atoms with E-state index in [0.717, 1.165) is 19.1 Å². The fraction of sp³-hybridized carbons (Fsp3) is 0.414. The van der Waals surface area contributed by atoms with Crippen molar-refractivity contribution in [2.45, 2.75) is 73.6 Å². The molecule has 204 valence electrons. The highest BCUT2D eigenvalue weighted by Gasteiger charge is 2.21. The van der Waals surface area contributed by atoms with Gasteiger partial charge in [0.2, 0.25) is 5.91 Å². The second kappa shape index (κ2) is 17.0. The monoisotopic (exact) mass is 515 g/mol. The van der Waals surface area contributed by atoms with Crippen molar-refractivity contribution in [1.29, 1.82) is 0 Å². The summed E-state index contributed by atoms with van der Waals surface area (Å²) in [6.07, 6.45) is 5.50. The molecule has 0 aliphatic carbocycles. The summed E-state index contributed by atoms with van der Waals surface area (Å²) in [6, 6.07) is 10.1. The molecule has 37 heavy (non-hydrogen) atoms. The van der Waals surface area contributed by atoms with E-state index < -0.39 is 11.9 Å². The smallest absolute Gasteiger partial charge is 0.310 e. The van der Waals surface area contributed by atoms with Crippen LogP contribution in [0.5, 0.6) is 0 Å². The zero-order chi connectivity index (χ0) is 28.7. The molecule has 0 fully saturated rings. The summed E-state index contributed by atoms with van der Waals surface area (Å²) in [4.78, 5) is 25.0. The predicted octanol–water partition coefficient (Wildman–Crippen LogP) is 6.68. The van der Waals surface area contributed by atoms with Crippen LogP contribution in [-0.2, 0) is 14.5 Å². The normalized spacial score (nSPS) is 11.8. The summed E-state index contributed by atoms with van der Waals surface area (Å²) in [7, 11) is 0.958. The average molecular weight is 516 g/mol. The third kappa shape index (κ3) is 11.8. The summed E-state index contributed by atoms with van der Waals surface area (Å²) in [6.45, 7) is 15.2. The maximum Gasteiger partial charge on any atom is 0.310 e. The van der Waals surface area contributed by atoms with Crippen LogP contribution in [0.2, 0.25) is 0 Å². The Hall–Kier alpha value is -3.52. The number of amides is 1. The van der Waals surface area contributed by atoms with E-state index in [9.17, 15) is 19.2 Å². The topological polar surface area (TPSA) is 114 Å². The Morgan fingerprint density at radius 3 is 2.22 bits per heavy atom. The first-order valence-corrected chi connectivity index (χ1v) is 12.2. The number of allylic oxidation sites excluding steroid dienone is 1. The van der Waals surface area contributed by atoms with Crippen LogP contribution in [0.1, 0.15) is 93.2 Å². The van der Waals surface area contributed by atoms with Crippen molar-refractivity contribution in [3.63, 3.8) is 0 Å². The average Bonchev–Trinajstić information content (AvgIpc) is 2.83. The highest BCUT2D eigenvalue weighted by Crippen LogP contribution is 2.31. The van der Waals surface area contributed by atoms with Crippen LogP contribution in [0.4, 0.5) is 10.2 Å². The standard InChI is InChI=1S/C16H23N3O3.C12H16.CH3FO/c1-8(2)12-6-14(10(4)18-19-11(5)20)15(17)7-13(12)9(3)16(21)22;1-4-5-6-12-9-10(2)7-8-11(12)3;1-3-2/h6-9H,17H2,1-5H3,(H,19,20)(H,21,22);5-9H,4H2,1-3H3;1H3/b18-10+;6-5-;. The number of hydrogen-bond donors (Lipinski definition) is 3. The Bertz CT molecular complexity index is 1090. The van der Waals surface area contributed by atoms with Gasteiger partial charge < -0.3 is 10.8 Å². The number of aliphatic carboxylic acids is 1. The zero-order valence-electron chi connectivity index (χ0n) is 23.5. The van der Waals surface area contributed by atoms with Crippen LogP contribution in [-0.4, -0.2) is 29.8 Å². The Labute approximate surface area is 220 Å². The molecule has 4 N–H and O–H groups in total. The van der Waals surface area contributed by atoms with Crippen molar-refractivity contribution in [1.82, 2.24) is 5.43 Å². The van der Waals surface area contributed by atoms with Gasteiger partial charge in [-0.15, -0.1) is 0 Å². The van der Waals surface area contributed by atoms with Crippen LogP contribution in [0, 0.1) is 13.8 Å². The number of halogens is 1. The molecule has 2 rings (SSSR count).